The number of nitrogens with zero attached hydrogens (tertiary/aromatic N) is 3. The number of pyridine rings is 1. The van der Waals surface area contributed by atoms with Crippen LogP contribution in [-0.2, 0) is 6.42 Å². The Kier molecular flexibility index (Phi) is 4.84. The molecule has 2 heterocycles. The predicted octanol–water partition coefficient (Wildman–Crippen LogP) is 4.04. The van der Waals surface area contributed by atoms with E-state index in [1.165, 1.54) is 11.3 Å². The number of hydrogen-bond acceptors (Lipinski definition) is 3. The van der Waals surface area contributed by atoms with Crippen LogP contribution in [0.1, 0.15) is 42.6 Å². The number of aromatic nitrogens is 1. The zero-order valence-corrected chi connectivity index (χ0v) is 14.7. The Balaban J connectivity index is 1.87. The number of unbranched alkanes of at least 4 members (excludes halogenated alkanes) is 1. The molecule has 1 unspecified atom stereocenters. The van der Waals surface area contributed by atoms with Gasteiger partial charge in [-0.2, -0.15) is 0 Å². The Labute approximate surface area is 144 Å². The number of hydrogen-bond donors (Lipinski definition) is 0. The Hall–Kier alpha value is -2.36. The summed E-state index contributed by atoms with van der Waals surface area (Å²) in [7, 11) is 1.86. The van der Waals surface area contributed by atoms with Gasteiger partial charge in [-0.1, -0.05) is 31.5 Å². The highest BCUT2D eigenvalue weighted by molar-refractivity contribution is 5.95. The van der Waals surface area contributed by atoms with Gasteiger partial charge < -0.3 is 9.80 Å². The SMILES string of the molecule is CCCCN(C)C(=O)c1cncc(N2c3ccccc3CC2C)c1. The molecular formula is C20H25N3O. The molecule has 1 atom stereocenters. The van der Waals surface area contributed by atoms with Crippen LogP contribution in [-0.4, -0.2) is 35.4 Å². The summed E-state index contributed by atoms with van der Waals surface area (Å²) in [6.45, 7) is 5.12. The number of carbonyl (C=O) groups excluding carboxylic acids is 1. The van der Waals surface area contributed by atoms with E-state index in [9.17, 15) is 4.79 Å². The summed E-state index contributed by atoms with van der Waals surface area (Å²) in [5.74, 6) is 0.0398. The van der Waals surface area contributed by atoms with Crippen molar-refractivity contribution in [1.82, 2.24) is 9.88 Å². The molecular weight excluding hydrogens is 298 g/mol. The van der Waals surface area contributed by atoms with Crippen LogP contribution in [0.2, 0.25) is 0 Å². The molecule has 1 aromatic carbocycles. The number of carbonyl (C=O) groups is 1. The van der Waals surface area contributed by atoms with Crippen LogP contribution in [0.15, 0.2) is 42.7 Å². The topological polar surface area (TPSA) is 36.4 Å². The Morgan fingerprint density at radius 2 is 2.12 bits per heavy atom. The third kappa shape index (κ3) is 3.14. The van der Waals surface area contributed by atoms with Crippen molar-refractivity contribution in [3.05, 3.63) is 53.9 Å². The molecule has 0 bridgehead atoms. The van der Waals surface area contributed by atoms with Gasteiger partial charge in [-0.05, 0) is 37.5 Å². The van der Waals surface area contributed by atoms with E-state index in [4.69, 9.17) is 0 Å². The average Bonchev–Trinajstić information content (AvgIpc) is 2.94. The standard InChI is InChI=1S/C20H25N3O/c1-4-5-10-22(3)20(24)17-12-18(14-21-13-17)23-15(2)11-16-8-6-7-9-19(16)23/h6-9,12-15H,4-5,10-11H2,1-3H3. The van der Waals surface area contributed by atoms with Crippen LogP contribution in [0.3, 0.4) is 0 Å². The van der Waals surface area contributed by atoms with Gasteiger partial charge in [0, 0.05) is 31.5 Å². The van der Waals surface area contributed by atoms with Gasteiger partial charge in [-0.15, -0.1) is 0 Å². The fraction of sp³-hybridized carbons (Fsp3) is 0.400. The van der Waals surface area contributed by atoms with Crippen LogP contribution >= 0.6 is 0 Å². The highest BCUT2D eigenvalue weighted by Gasteiger charge is 2.27. The van der Waals surface area contributed by atoms with E-state index in [0.717, 1.165) is 31.5 Å². The van der Waals surface area contributed by atoms with Crippen LogP contribution in [0.5, 0.6) is 0 Å². The molecule has 1 aliphatic rings. The van der Waals surface area contributed by atoms with E-state index >= 15 is 0 Å². The Bertz CT molecular complexity index is 728. The lowest BCUT2D eigenvalue weighted by Gasteiger charge is -2.25. The number of amides is 1. The molecule has 24 heavy (non-hydrogen) atoms. The molecule has 0 fully saturated rings. The van der Waals surface area contributed by atoms with Crippen molar-refractivity contribution >= 4 is 17.3 Å². The van der Waals surface area contributed by atoms with Gasteiger partial charge in [0.1, 0.15) is 0 Å². The van der Waals surface area contributed by atoms with Gasteiger partial charge in [0.15, 0.2) is 0 Å². The summed E-state index contributed by atoms with van der Waals surface area (Å²) in [5.41, 5.74) is 4.21. The molecule has 0 aliphatic carbocycles. The number of anilines is 2. The van der Waals surface area contributed by atoms with Gasteiger partial charge >= 0.3 is 0 Å². The molecule has 1 aromatic heterocycles. The van der Waals surface area contributed by atoms with Crippen molar-refractivity contribution in [2.75, 3.05) is 18.5 Å². The second-order valence-corrected chi connectivity index (χ2v) is 6.56. The van der Waals surface area contributed by atoms with Crippen molar-refractivity contribution < 1.29 is 4.79 Å². The van der Waals surface area contributed by atoms with Gasteiger partial charge in [0.05, 0.1) is 17.4 Å². The van der Waals surface area contributed by atoms with Crippen molar-refractivity contribution in [3.8, 4) is 0 Å². The molecule has 2 aromatic rings. The second kappa shape index (κ2) is 7.04. The third-order valence-corrected chi connectivity index (χ3v) is 4.65. The molecule has 1 aliphatic heterocycles. The monoisotopic (exact) mass is 323 g/mol. The highest BCUT2D eigenvalue weighted by Crippen LogP contribution is 2.37. The first kappa shape index (κ1) is 16.5. The molecule has 0 radical (unpaired) electrons. The largest absolute Gasteiger partial charge is 0.342 e. The predicted molar refractivity (Wildman–Crippen MR) is 97.9 cm³/mol. The van der Waals surface area contributed by atoms with Gasteiger partial charge in [0.2, 0.25) is 0 Å². The lowest BCUT2D eigenvalue weighted by molar-refractivity contribution is 0.0793. The van der Waals surface area contributed by atoms with Crippen molar-refractivity contribution in [1.29, 1.82) is 0 Å². The van der Waals surface area contributed by atoms with Crippen LogP contribution in [0, 0.1) is 0 Å². The van der Waals surface area contributed by atoms with E-state index in [1.54, 1.807) is 11.1 Å². The molecule has 126 valence electrons. The molecule has 1 amide bonds. The van der Waals surface area contributed by atoms with Gasteiger partial charge in [-0.3, -0.25) is 9.78 Å². The fourth-order valence-corrected chi connectivity index (χ4v) is 3.35. The third-order valence-electron chi connectivity index (χ3n) is 4.65. The van der Waals surface area contributed by atoms with E-state index < -0.39 is 0 Å². The quantitative estimate of drug-likeness (QED) is 0.833. The molecule has 4 nitrogen and oxygen atoms in total. The number of para-hydroxylation sites is 1. The van der Waals surface area contributed by atoms with Crippen molar-refractivity contribution in [3.63, 3.8) is 0 Å². The van der Waals surface area contributed by atoms with E-state index in [1.807, 2.05) is 19.3 Å². The number of rotatable bonds is 5. The highest BCUT2D eigenvalue weighted by atomic mass is 16.2. The minimum Gasteiger partial charge on any atom is -0.342 e. The average molecular weight is 323 g/mol. The lowest BCUT2D eigenvalue weighted by atomic mass is 10.1. The molecule has 0 N–H and O–H groups in total. The molecule has 4 heteroatoms. The van der Waals surface area contributed by atoms with Crippen LogP contribution < -0.4 is 4.90 Å². The maximum atomic E-state index is 12.6. The summed E-state index contributed by atoms with van der Waals surface area (Å²) >= 11 is 0. The van der Waals surface area contributed by atoms with Crippen molar-refractivity contribution in [2.24, 2.45) is 0 Å². The van der Waals surface area contributed by atoms with Gasteiger partial charge in [0.25, 0.3) is 5.91 Å². The molecule has 0 spiro atoms. The maximum absolute atomic E-state index is 12.6. The first-order chi connectivity index (χ1) is 11.6. The normalized spacial score (nSPS) is 16.1. The summed E-state index contributed by atoms with van der Waals surface area (Å²) in [6, 6.07) is 10.8. The number of benzene rings is 1. The van der Waals surface area contributed by atoms with Crippen LogP contribution in [0.25, 0.3) is 0 Å². The zero-order chi connectivity index (χ0) is 17.1. The van der Waals surface area contributed by atoms with E-state index in [0.29, 0.717) is 11.6 Å². The molecule has 0 saturated heterocycles. The second-order valence-electron chi connectivity index (χ2n) is 6.56. The summed E-state index contributed by atoms with van der Waals surface area (Å²) in [6.07, 6.45) is 6.64. The Morgan fingerprint density at radius 3 is 2.92 bits per heavy atom. The zero-order valence-electron chi connectivity index (χ0n) is 14.7. The summed E-state index contributed by atoms with van der Waals surface area (Å²) < 4.78 is 0. The smallest absolute Gasteiger partial charge is 0.255 e. The minimum atomic E-state index is 0.0398. The summed E-state index contributed by atoms with van der Waals surface area (Å²) in [5, 5.41) is 0. The van der Waals surface area contributed by atoms with Gasteiger partial charge in [-0.25, -0.2) is 0 Å². The maximum Gasteiger partial charge on any atom is 0.255 e. The Morgan fingerprint density at radius 1 is 1.33 bits per heavy atom. The van der Waals surface area contributed by atoms with E-state index in [-0.39, 0.29) is 5.91 Å². The number of fused-ring (bicyclic) bond motifs is 1. The molecule has 3 rings (SSSR count). The van der Waals surface area contributed by atoms with Crippen LogP contribution in [0.4, 0.5) is 11.4 Å². The fourth-order valence-electron chi connectivity index (χ4n) is 3.35. The van der Waals surface area contributed by atoms with E-state index in [2.05, 4.69) is 48.0 Å². The molecule has 0 saturated carbocycles. The lowest BCUT2D eigenvalue weighted by Crippen LogP contribution is -2.28. The first-order valence-corrected chi connectivity index (χ1v) is 8.69. The van der Waals surface area contributed by atoms with Crippen molar-refractivity contribution in [2.45, 2.75) is 39.2 Å². The summed E-state index contributed by atoms with van der Waals surface area (Å²) in [4.78, 5) is 21.0. The first-order valence-electron chi connectivity index (χ1n) is 8.69. The minimum absolute atomic E-state index is 0.0398.